The summed E-state index contributed by atoms with van der Waals surface area (Å²) in [4.78, 5) is 19.2. The maximum absolute atomic E-state index is 10.8. The molecule has 7 rings (SSSR count). The number of rotatable bonds is 12. The van der Waals surface area contributed by atoms with Crippen molar-refractivity contribution in [2.45, 2.75) is 94.2 Å². The zero-order valence-electron chi connectivity index (χ0n) is 36.0. The molecule has 0 amide bonds. The van der Waals surface area contributed by atoms with Gasteiger partial charge in [0.05, 0.1) is 45.3 Å². The van der Waals surface area contributed by atoms with E-state index in [0.29, 0.717) is 17.8 Å². The third-order valence-electron chi connectivity index (χ3n) is 9.46. The summed E-state index contributed by atoms with van der Waals surface area (Å²) in [5, 5.41) is 17.7. The lowest BCUT2D eigenvalue weighted by molar-refractivity contribution is -0.385. The highest BCUT2D eigenvalue weighted by Gasteiger charge is 2.14. The number of halogens is 3. The predicted octanol–water partition coefficient (Wildman–Crippen LogP) is 14.1. The van der Waals surface area contributed by atoms with Crippen molar-refractivity contribution in [2.24, 2.45) is 23.7 Å². The minimum absolute atomic E-state index is 0.221. The number of nitro benzene ring substituents is 1. The van der Waals surface area contributed by atoms with Gasteiger partial charge in [-0.25, -0.2) is 9.97 Å². The van der Waals surface area contributed by atoms with Crippen LogP contribution in [0, 0.1) is 33.8 Å². The predicted molar refractivity (Wildman–Crippen MR) is 260 cm³/mol. The number of fused-ring (bicyclic) bond motifs is 2. The van der Waals surface area contributed by atoms with Crippen LogP contribution in [0.25, 0.3) is 33.3 Å². The van der Waals surface area contributed by atoms with Gasteiger partial charge in [0.2, 0.25) is 0 Å². The third-order valence-corrected chi connectivity index (χ3v) is 10.9. The van der Waals surface area contributed by atoms with Crippen LogP contribution in [0.1, 0.15) is 79.4 Å². The number of benzene rings is 4. The lowest BCUT2D eigenvalue weighted by atomic mass is 10.0. The quantitative estimate of drug-likeness (QED) is 0.0711. The van der Waals surface area contributed by atoms with Crippen molar-refractivity contribution in [1.29, 1.82) is 0 Å². The standard InChI is InChI=1S/C14H16N4.C11H13BrN2.C11H14BrNO2.C11H16BrN/c1-10(2)8-18-9-15-13-4-3-11(7-14(13)18)12-5-6-16-17-12;1-8(2)6-14-7-13-10-4-3-9(12)5-11(10)14;1-8(2)3-4-9-7-10(12)5-6-11(9)13(14)15;1-8(2)3-4-9-7-10(12)5-6-11(9)13/h3-7,9-10H,8H2,1-2H3,(H,16,17);3-5,7-8H,6H2,1-2H3;5-8H,3-4H2,1-2H3;5-8H,3-4,13H2,1-2H3. The van der Waals surface area contributed by atoms with E-state index >= 15 is 0 Å². The van der Waals surface area contributed by atoms with Crippen molar-refractivity contribution in [2.75, 3.05) is 5.73 Å². The molecule has 3 N–H and O–H groups in total. The van der Waals surface area contributed by atoms with Crippen LogP contribution in [0.15, 0.2) is 111 Å². The van der Waals surface area contributed by atoms with E-state index < -0.39 is 0 Å². The highest BCUT2D eigenvalue weighted by atomic mass is 79.9. The summed E-state index contributed by atoms with van der Waals surface area (Å²) in [6.07, 6.45) is 9.60. The van der Waals surface area contributed by atoms with E-state index in [2.05, 4.69) is 163 Å². The molecule has 0 aliphatic heterocycles. The number of nitrogen functional groups attached to an aromatic ring is 1. The number of aryl methyl sites for hydroxylation is 2. The van der Waals surface area contributed by atoms with Gasteiger partial charge in [0.1, 0.15) is 0 Å². The molecular formula is C47H59Br3N8O2. The number of aromatic nitrogens is 6. The number of anilines is 1. The van der Waals surface area contributed by atoms with E-state index in [-0.39, 0.29) is 10.6 Å². The summed E-state index contributed by atoms with van der Waals surface area (Å²) in [5.74, 6) is 2.55. The van der Waals surface area contributed by atoms with Crippen LogP contribution in [-0.4, -0.2) is 34.2 Å². The Balaban J connectivity index is 0.000000178. The van der Waals surface area contributed by atoms with Crippen LogP contribution in [-0.2, 0) is 25.9 Å². The highest BCUT2D eigenvalue weighted by molar-refractivity contribution is 9.11. The van der Waals surface area contributed by atoms with Gasteiger partial charge >= 0.3 is 0 Å². The van der Waals surface area contributed by atoms with E-state index in [9.17, 15) is 10.1 Å². The van der Waals surface area contributed by atoms with Crippen LogP contribution in [0.3, 0.4) is 0 Å². The first kappa shape index (κ1) is 48.3. The maximum Gasteiger partial charge on any atom is 0.272 e. The van der Waals surface area contributed by atoms with Crippen molar-refractivity contribution in [1.82, 2.24) is 29.3 Å². The number of nitrogens with zero attached hydrogens (tertiary/aromatic N) is 6. The van der Waals surface area contributed by atoms with Gasteiger partial charge in [0.25, 0.3) is 5.69 Å². The summed E-state index contributed by atoms with van der Waals surface area (Å²) in [6.45, 7) is 19.6. The number of nitrogens with two attached hydrogens (primary N) is 1. The summed E-state index contributed by atoms with van der Waals surface area (Å²) in [6, 6.07) is 25.6. The van der Waals surface area contributed by atoms with Crippen LogP contribution in [0.5, 0.6) is 0 Å². The molecule has 0 radical (unpaired) electrons. The summed E-state index contributed by atoms with van der Waals surface area (Å²) in [7, 11) is 0. The van der Waals surface area contributed by atoms with Gasteiger partial charge in [0, 0.05) is 55.6 Å². The van der Waals surface area contributed by atoms with Crippen molar-refractivity contribution in [3.05, 3.63) is 132 Å². The second kappa shape index (κ2) is 23.6. The lowest BCUT2D eigenvalue weighted by Crippen LogP contribution is -2.02. The molecule has 3 heterocycles. The Morgan fingerprint density at radius 3 is 1.68 bits per heavy atom. The molecule has 0 spiro atoms. The Morgan fingerprint density at radius 1 is 0.650 bits per heavy atom. The molecule has 0 atom stereocenters. The topological polar surface area (TPSA) is 133 Å². The summed E-state index contributed by atoms with van der Waals surface area (Å²) < 4.78 is 7.52. The molecular weight excluding hydrogens is 948 g/mol. The fourth-order valence-electron chi connectivity index (χ4n) is 6.36. The Hall–Kier alpha value is -4.33. The lowest BCUT2D eigenvalue weighted by Gasteiger charge is -2.07. The number of H-pyrrole nitrogens is 1. The third kappa shape index (κ3) is 15.3. The maximum atomic E-state index is 10.8. The first-order chi connectivity index (χ1) is 28.5. The molecule has 0 fully saturated rings. The average molecular weight is 1010 g/mol. The van der Waals surface area contributed by atoms with Gasteiger partial charge in [-0.3, -0.25) is 15.2 Å². The van der Waals surface area contributed by atoms with Gasteiger partial charge < -0.3 is 14.9 Å². The molecule has 13 heteroatoms. The average Bonchev–Trinajstić information content (AvgIpc) is 3.96. The zero-order valence-corrected chi connectivity index (χ0v) is 40.8. The number of aromatic amines is 1. The molecule has 0 aliphatic rings. The van der Waals surface area contributed by atoms with E-state index in [1.165, 1.54) is 23.0 Å². The Bertz CT molecular complexity index is 2400. The summed E-state index contributed by atoms with van der Waals surface area (Å²) >= 11 is 10.3. The van der Waals surface area contributed by atoms with Gasteiger partial charge in [-0.2, -0.15) is 5.10 Å². The summed E-state index contributed by atoms with van der Waals surface area (Å²) in [5.41, 5.74) is 15.7. The van der Waals surface area contributed by atoms with Gasteiger partial charge in [0.15, 0.2) is 0 Å². The molecule has 10 nitrogen and oxygen atoms in total. The second-order valence-electron chi connectivity index (χ2n) is 16.6. The minimum Gasteiger partial charge on any atom is -0.399 e. The largest absolute Gasteiger partial charge is 0.399 e. The van der Waals surface area contributed by atoms with E-state index in [0.717, 1.165) is 85.2 Å². The van der Waals surface area contributed by atoms with E-state index in [4.69, 9.17) is 5.73 Å². The molecule has 0 unspecified atom stereocenters. The highest BCUT2D eigenvalue weighted by Crippen LogP contribution is 2.26. The van der Waals surface area contributed by atoms with Crippen molar-refractivity contribution < 1.29 is 4.92 Å². The smallest absolute Gasteiger partial charge is 0.272 e. The molecule has 0 saturated heterocycles. The zero-order chi connectivity index (χ0) is 43.9. The first-order valence-corrected chi connectivity index (χ1v) is 22.9. The SMILES string of the molecule is CC(C)CCc1cc(Br)ccc1N.CC(C)CCc1cc(Br)ccc1[N+](=O)[O-].CC(C)Cn1cnc2ccc(-c3ccn[nH]3)cc21.CC(C)Cn1cnc2ccc(Br)cc21. The van der Waals surface area contributed by atoms with Crippen LogP contribution >= 0.6 is 47.8 Å². The number of hydrogen-bond donors (Lipinski definition) is 2. The van der Waals surface area contributed by atoms with E-state index in [1.807, 2.05) is 49.1 Å². The molecule has 320 valence electrons. The van der Waals surface area contributed by atoms with E-state index in [1.54, 1.807) is 18.3 Å². The Morgan fingerprint density at radius 2 is 1.15 bits per heavy atom. The van der Waals surface area contributed by atoms with Gasteiger partial charge in [-0.15, -0.1) is 0 Å². The van der Waals surface area contributed by atoms with Gasteiger partial charge in [-0.05, 0) is 122 Å². The molecule has 60 heavy (non-hydrogen) atoms. The number of imidazole rings is 2. The van der Waals surface area contributed by atoms with Crippen LogP contribution < -0.4 is 5.73 Å². The molecule has 7 aromatic rings. The van der Waals surface area contributed by atoms with Crippen molar-refractivity contribution in [3.8, 4) is 11.3 Å². The molecule has 4 aromatic carbocycles. The number of nitro groups is 1. The normalized spacial score (nSPS) is 11.1. The van der Waals surface area contributed by atoms with Crippen molar-refractivity contribution >= 4 is 81.2 Å². The Labute approximate surface area is 380 Å². The first-order valence-electron chi connectivity index (χ1n) is 20.5. The minimum atomic E-state index is -0.317. The number of hydrogen-bond acceptors (Lipinski definition) is 6. The fraction of sp³-hybridized carbons (Fsp3) is 0.383. The molecule has 0 saturated carbocycles. The van der Waals surface area contributed by atoms with Gasteiger partial charge in [-0.1, -0.05) is 109 Å². The monoisotopic (exact) mass is 1000 g/mol. The molecule has 3 aromatic heterocycles. The Kier molecular flexibility index (Phi) is 19.0. The number of nitrogens with one attached hydrogen (secondary N) is 1. The second-order valence-corrected chi connectivity index (χ2v) is 19.4. The van der Waals surface area contributed by atoms with Crippen molar-refractivity contribution in [3.63, 3.8) is 0 Å². The van der Waals surface area contributed by atoms with Crippen LogP contribution in [0.4, 0.5) is 11.4 Å². The fourth-order valence-corrected chi connectivity index (χ4v) is 7.53. The van der Waals surface area contributed by atoms with Crippen LogP contribution in [0.2, 0.25) is 0 Å². The molecule has 0 aliphatic carbocycles. The molecule has 0 bridgehead atoms.